The lowest BCUT2D eigenvalue weighted by Gasteiger charge is -2.17. The average Bonchev–Trinajstić information content (AvgIpc) is 2.27. The number of nitrogens with zero attached hydrogens (tertiary/aromatic N) is 1. The Morgan fingerprint density at radius 1 is 1.53 bits per heavy atom. The molecule has 0 amide bonds. The highest BCUT2D eigenvalue weighted by atomic mass is 35.5. The number of fused-ring (bicyclic) bond motifs is 1. The van der Waals surface area contributed by atoms with Gasteiger partial charge in [0.05, 0.1) is 34.9 Å². The van der Waals surface area contributed by atoms with Gasteiger partial charge < -0.3 is 4.74 Å². The molecule has 92 valence electrons. The third kappa shape index (κ3) is 2.28. The van der Waals surface area contributed by atoms with Gasteiger partial charge in [0.1, 0.15) is 0 Å². The topological polar surface area (TPSA) is 73.3 Å². The van der Waals surface area contributed by atoms with Gasteiger partial charge in [0.25, 0.3) is 0 Å². The summed E-state index contributed by atoms with van der Waals surface area (Å²) in [5, 5.41) is 0.247. The molecule has 2 heterocycles. The highest BCUT2D eigenvalue weighted by Crippen LogP contribution is 2.28. The molecule has 1 aliphatic heterocycles. The van der Waals surface area contributed by atoms with Crippen molar-refractivity contribution in [3.63, 3.8) is 0 Å². The second-order valence-electron chi connectivity index (χ2n) is 3.74. The van der Waals surface area contributed by atoms with Crippen LogP contribution in [0.5, 0.6) is 0 Å². The molecule has 2 rings (SSSR count). The fraction of sp³-hybridized carbons (Fsp3) is 0.400. The molecule has 0 fully saturated rings. The van der Waals surface area contributed by atoms with Crippen LogP contribution in [0, 0.1) is 0 Å². The van der Waals surface area contributed by atoms with Crippen LogP contribution >= 0.6 is 11.6 Å². The Morgan fingerprint density at radius 3 is 2.88 bits per heavy atom. The van der Waals surface area contributed by atoms with Gasteiger partial charge in [-0.3, -0.25) is 4.98 Å². The van der Waals surface area contributed by atoms with Crippen LogP contribution in [0.4, 0.5) is 0 Å². The van der Waals surface area contributed by atoms with Gasteiger partial charge in [-0.1, -0.05) is 11.6 Å². The molecule has 0 aliphatic carbocycles. The third-order valence-corrected chi connectivity index (χ3v) is 4.60. The minimum absolute atomic E-state index is 0.0338. The fourth-order valence-corrected chi connectivity index (χ4v) is 3.39. The third-order valence-electron chi connectivity index (χ3n) is 2.62. The minimum atomic E-state index is -3.09. The molecule has 0 saturated carbocycles. The maximum Gasteiger partial charge on any atom is 0.340 e. The molecule has 1 aromatic rings. The van der Waals surface area contributed by atoms with Crippen LogP contribution < -0.4 is 0 Å². The fourth-order valence-electron chi connectivity index (χ4n) is 1.74. The standard InChI is InChI=1S/C10H10ClNO4S/c1-16-10(13)7-4-12-8-5-17(14,15)3-2-6(8)9(7)11/h4H,2-3,5H2,1H3. The molecule has 17 heavy (non-hydrogen) atoms. The first-order valence-corrected chi connectivity index (χ1v) is 7.09. The summed E-state index contributed by atoms with van der Waals surface area (Å²) in [6, 6.07) is 0. The average molecular weight is 276 g/mol. The molecule has 0 N–H and O–H groups in total. The predicted octanol–water partition coefficient (Wildman–Crippen LogP) is 0.992. The van der Waals surface area contributed by atoms with E-state index in [1.165, 1.54) is 13.3 Å². The molecule has 0 radical (unpaired) electrons. The number of rotatable bonds is 1. The molecule has 0 spiro atoms. The van der Waals surface area contributed by atoms with Gasteiger partial charge >= 0.3 is 5.97 Å². The molecule has 0 atom stereocenters. The van der Waals surface area contributed by atoms with E-state index >= 15 is 0 Å². The number of halogens is 1. The Bertz CT molecular complexity index is 582. The quantitative estimate of drug-likeness (QED) is 0.715. The largest absolute Gasteiger partial charge is 0.465 e. The number of hydrogen-bond acceptors (Lipinski definition) is 5. The summed E-state index contributed by atoms with van der Waals surface area (Å²) >= 11 is 6.06. The number of carbonyl (C=O) groups is 1. The summed E-state index contributed by atoms with van der Waals surface area (Å²) in [5.74, 6) is -0.658. The number of sulfone groups is 1. The van der Waals surface area contributed by atoms with Gasteiger partial charge in [-0.05, 0) is 12.0 Å². The van der Waals surface area contributed by atoms with Crippen LogP contribution in [-0.2, 0) is 26.7 Å². The van der Waals surface area contributed by atoms with E-state index in [0.29, 0.717) is 11.3 Å². The summed E-state index contributed by atoms with van der Waals surface area (Å²) < 4.78 is 27.4. The van der Waals surface area contributed by atoms with Gasteiger partial charge in [0, 0.05) is 6.20 Å². The molecule has 0 aromatic carbocycles. The van der Waals surface area contributed by atoms with Gasteiger partial charge in [-0.15, -0.1) is 0 Å². The molecule has 0 bridgehead atoms. The lowest BCUT2D eigenvalue weighted by molar-refractivity contribution is 0.0600. The number of carbonyl (C=O) groups excluding carboxylic acids is 1. The summed E-state index contributed by atoms with van der Waals surface area (Å²) in [7, 11) is -1.84. The zero-order valence-corrected chi connectivity index (χ0v) is 10.6. The first-order valence-electron chi connectivity index (χ1n) is 4.89. The lowest BCUT2D eigenvalue weighted by Crippen LogP contribution is -2.21. The maximum absolute atomic E-state index is 11.4. The van der Waals surface area contributed by atoms with Crippen molar-refractivity contribution in [3.8, 4) is 0 Å². The Kier molecular flexibility index (Phi) is 3.09. The molecule has 1 aliphatic rings. The Hall–Kier alpha value is -1.14. The molecular formula is C10H10ClNO4S. The monoisotopic (exact) mass is 275 g/mol. The van der Waals surface area contributed by atoms with E-state index in [9.17, 15) is 13.2 Å². The number of aromatic nitrogens is 1. The highest BCUT2D eigenvalue weighted by molar-refractivity contribution is 7.90. The smallest absolute Gasteiger partial charge is 0.340 e. The Labute approximate surface area is 104 Å². The van der Waals surface area contributed by atoms with Gasteiger partial charge in [-0.2, -0.15) is 0 Å². The number of esters is 1. The van der Waals surface area contributed by atoms with E-state index in [1.807, 2.05) is 0 Å². The number of pyridine rings is 1. The van der Waals surface area contributed by atoms with Crippen molar-refractivity contribution >= 4 is 27.4 Å². The molecule has 1 aromatic heterocycles. The van der Waals surface area contributed by atoms with Crippen molar-refractivity contribution in [2.45, 2.75) is 12.2 Å². The van der Waals surface area contributed by atoms with E-state index in [0.717, 1.165) is 0 Å². The Balaban J connectivity index is 2.51. The molecule has 5 nitrogen and oxygen atoms in total. The minimum Gasteiger partial charge on any atom is -0.465 e. The maximum atomic E-state index is 11.4. The van der Waals surface area contributed by atoms with Crippen molar-refractivity contribution in [2.24, 2.45) is 0 Å². The van der Waals surface area contributed by atoms with Crippen LogP contribution in [-0.4, -0.2) is 32.2 Å². The summed E-state index contributed by atoms with van der Waals surface area (Å²) in [6.07, 6.45) is 1.54. The summed E-state index contributed by atoms with van der Waals surface area (Å²) in [4.78, 5) is 15.4. The van der Waals surface area contributed by atoms with Crippen molar-refractivity contribution in [1.29, 1.82) is 0 Å². The number of hydrogen-bond donors (Lipinski definition) is 0. The van der Waals surface area contributed by atoms with Crippen molar-refractivity contribution in [2.75, 3.05) is 12.9 Å². The van der Waals surface area contributed by atoms with Crippen molar-refractivity contribution in [3.05, 3.63) is 28.0 Å². The van der Waals surface area contributed by atoms with Crippen LogP contribution in [0.3, 0.4) is 0 Å². The SMILES string of the molecule is COC(=O)c1cnc2c(c1Cl)CCS(=O)(=O)C2. The highest BCUT2D eigenvalue weighted by Gasteiger charge is 2.27. The lowest BCUT2D eigenvalue weighted by atomic mass is 10.1. The van der Waals surface area contributed by atoms with Crippen LogP contribution in [0.1, 0.15) is 21.6 Å². The van der Waals surface area contributed by atoms with Crippen LogP contribution in [0.15, 0.2) is 6.20 Å². The first kappa shape index (κ1) is 12.3. The van der Waals surface area contributed by atoms with Crippen LogP contribution in [0.2, 0.25) is 5.02 Å². The second-order valence-corrected chi connectivity index (χ2v) is 6.31. The van der Waals surface area contributed by atoms with Crippen molar-refractivity contribution in [1.82, 2.24) is 4.98 Å². The molecule has 0 saturated heterocycles. The second kappa shape index (κ2) is 4.27. The van der Waals surface area contributed by atoms with Gasteiger partial charge in [0.2, 0.25) is 0 Å². The van der Waals surface area contributed by atoms with Gasteiger partial charge in [-0.25, -0.2) is 13.2 Å². The van der Waals surface area contributed by atoms with E-state index in [1.54, 1.807) is 0 Å². The molecular weight excluding hydrogens is 266 g/mol. The Morgan fingerprint density at radius 2 is 2.24 bits per heavy atom. The molecule has 7 heteroatoms. The summed E-state index contributed by atoms with van der Waals surface area (Å²) in [6.45, 7) is 0. The summed E-state index contributed by atoms with van der Waals surface area (Å²) in [5.41, 5.74) is 1.23. The zero-order chi connectivity index (χ0) is 12.6. The number of methoxy groups -OCH3 is 1. The van der Waals surface area contributed by atoms with Crippen LogP contribution in [0.25, 0.3) is 0 Å². The van der Waals surface area contributed by atoms with E-state index in [-0.39, 0.29) is 28.5 Å². The van der Waals surface area contributed by atoms with E-state index in [4.69, 9.17) is 11.6 Å². The molecule has 0 unspecified atom stereocenters. The first-order chi connectivity index (χ1) is 7.94. The normalized spacial score (nSPS) is 17.3. The number of ether oxygens (including phenoxy) is 1. The van der Waals surface area contributed by atoms with E-state index < -0.39 is 15.8 Å². The van der Waals surface area contributed by atoms with Crippen molar-refractivity contribution < 1.29 is 17.9 Å². The van der Waals surface area contributed by atoms with Gasteiger partial charge in [0.15, 0.2) is 9.84 Å². The predicted molar refractivity (Wildman–Crippen MR) is 61.8 cm³/mol. The zero-order valence-electron chi connectivity index (χ0n) is 9.07. The van der Waals surface area contributed by atoms with E-state index in [2.05, 4.69) is 9.72 Å².